The van der Waals surface area contributed by atoms with Crippen molar-refractivity contribution in [1.82, 2.24) is 5.32 Å². The normalized spacial score (nSPS) is 38.6. The van der Waals surface area contributed by atoms with Crippen LogP contribution in [-0.4, -0.2) is 18.2 Å². The lowest BCUT2D eigenvalue weighted by Crippen LogP contribution is -2.56. The molecule has 0 saturated heterocycles. The van der Waals surface area contributed by atoms with Crippen LogP contribution in [0.15, 0.2) is 24.3 Å². The third kappa shape index (κ3) is 2.38. The molecular formula is C19H27NO. The molecule has 0 aliphatic heterocycles. The minimum absolute atomic E-state index is 0.396. The number of likely N-dealkylation sites (N-methyl/N-ethyl adjacent to an activating group) is 1. The van der Waals surface area contributed by atoms with Crippen LogP contribution >= 0.6 is 0 Å². The van der Waals surface area contributed by atoms with E-state index < -0.39 is 0 Å². The topological polar surface area (TPSA) is 32.3 Å². The first-order valence-electron chi connectivity index (χ1n) is 8.62. The molecule has 1 aromatic rings. The Balaban J connectivity index is 1.58. The molecule has 1 unspecified atom stereocenters. The van der Waals surface area contributed by atoms with E-state index >= 15 is 0 Å². The summed E-state index contributed by atoms with van der Waals surface area (Å²) in [4.78, 5) is 0. The minimum Gasteiger partial charge on any atom is -0.508 e. The second-order valence-electron chi connectivity index (χ2n) is 8.00. The van der Waals surface area contributed by atoms with Crippen LogP contribution < -0.4 is 5.32 Å². The third-order valence-electron chi connectivity index (χ3n) is 6.52. The summed E-state index contributed by atoms with van der Waals surface area (Å²) in [5, 5.41) is 13.4. The molecule has 0 radical (unpaired) electrons. The van der Waals surface area contributed by atoms with Crippen molar-refractivity contribution in [1.29, 1.82) is 0 Å². The number of phenols is 1. The lowest BCUT2D eigenvalue weighted by atomic mass is 9.47. The van der Waals surface area contributed by atoms with Gasteiger partial charge in [-0.1, -0.05) is 12.1 Å². The van der Waals surface area contributed by atoms with Crippen molar-refractivity contribution in [2.24, 2.45) is 23.2 Å². The fourth-order valence-corrected chi connectivity index (χ4v) is 6.15. The molecule has 0 amide bonds. The van der Waals surface area contributed by atoms with Gasteiger partial charge in [0.05, 0.1) is 0 Å². The molecule has 4 bridgehead atoms. The van der Waals surface area contributed by atoms with Crippen LogP contribution in [0.1, 0.15) is 44.1 Å². The Morgan fingerprint density at radius 2 is 1.76 bits per heavy atom. The zero-order valence-electron chi connectivity index (χ0n) is 13.0. The first-order valence-corrected chi connectivity index (χ1v) is 8.62. The fraction of sp³-hybridized carbons (Fsp3) is 0.684. The number of phenolic OH excluding ortho intramolecular Hbond substituents is 1. The van der Waals surface area contributed by atoms with Gasteiger partial charge in [0.15, 0.2) is 0 Å². The van der Waals surface area contributed by atoms with E-state index in [0.717, 1.165) is 24.2 Å². The summed E-state index contributed by atoms with van der Waals surface area (Å²) in [5.74, 6) is 3.39. The van der Waals surface area contributed by atoms with Crippen LogP contribution in [0.25, 0.3) is 0 Å². The summed E-state index contributed by atoms with van der Waals surface area (Å²) in [5.41, 5.74) is 1.79. The second-order valence-corrected chi connectivity index (χ2v) is 8.00. The third-order valence-corrected chi connectivity index (χ3v) is 6.52. The summed E-state index contributed by atoms with van der Waals surface area (Å²) < 4.78 is 0. The molecule has 1 atom stereocenters. The van der Waals surface area contributed by atoms with Crippen molar-refractivity contribution in [3.8, 4) is 5.75 Å². The molecule has 0 heterocycles. The van der Waals surface area contributed by atoms with Crippen LogP contribution in [0.2, 0.25) is 0 Å². The number of nitrogens with one attached hydrogen (secondary N) is 1. The van der Waals surface area contributed by atoms with Gasteiger partial charge in [-0.25, -0.2) is 0 Å². The van der Waals surface area contributed by atoms with E-state index in [-0.39, 0.29) is 0 Å². The molecule has 4 aliphatic rings. The fourth-order valence-electron chi connectivity index (χ4n) is 6.15. The highest BCUT2D eigenvalue weighted by molar-refractivity contribution is 5.28. The van der Waals surface area contributed by atoms with Crippen LogP contribution in [-0.2, 0) is 6.42 Å². The highest BCUT2D eigenvalue weighted by Crippen LogP contribution is 2.61. The Labute approximate surface area is 128 Å². The van der Waals surface area contributed by atoms with Gasteiger partial charge in [0.25, 0.3) is 0 Å². The maximum atomic E-state index is 9.71. The predicted octanol–water partition coefficient (Wildman–Crippen LogP) is 3.74. The van der Waals surface area contributed by atoms with Gasteiger partial charge in [0.2, 0.25) is 0 Å². The van der Waals surface area contributed by atoms with Gasteiger partial charge in [0.1, 0.15) is 5.75 Å². The van der Waals surface area contributed by atoms with Crippen LogP contribution in [0.3, 0.4) is 0 Å². The molecule has 4 saturated carbocycles. The average molecular weight is 285 g/mol. The van der Waals surface area contributed by atoms with Crippen molar-refractivity contribution >= 4 is 0 Å². The minimum atomic E-state index is 0.396. The maximum Gasteiger partial charge on any atom is 0.115 e. The molecule has 2 nitrogen and oxygen atoms in total. The van der Waals surface area contributed by atoms with E-state index in [2.05, 4.69) is 18.4 Å². The van der Waals surface area contributed by atoms with E-state index in [1.54, 1.807) is 6.07 Å². The Morgan fingerprint density at radius 3 is 2.29 bits per heavy atom. The maximum absolute atomic E-state index is 9.71. The van der Waals surface area contributed by atoms with Crippen LogP contribution in [0.4, 0.5) is 0 Å². The highest BCUT2D eigenvalue weighted by Gasteiger charge is 2.53. The molecule has 2 heteroatoms. The van der Waals surface area contributed by atoms with E-state index in [1.165, 1.54) is 44.1 Å². The molecule has 0 aromatic heterocycles. The second kappa shape index (κ2) is 5.01. The van der Waals surface area contributed by atoms with Crippen molar-refractivity contribution in [2.75, 3.05) is 7.05 Å². The smallest absolute Gasteiger partial charge is 0.115 e. The highest BCUT2D eigenvalue weighted by atomic mass is 16.3. The van der Waals surface area contributed by atoms with Crippen molar-refractivity contribution in [2.45, 2.75) is 51.0 Å². The quantitative estimate of drug-likeness (QED) is 0.883. The van der Waals surface area contributed by atoms with Gasteiger partial charge >= 0.3 is 0 Å². The lowest BCUT2D eigenvalue weighted by Gasteiger charge is -2.59. The van der Waals surface area contributed by atoms with E-state index in [0.29, 0.717) is 17.2 Å². The van der Waals surface area contributed by atoms with Gasteiger partial charge in [-0.05, 0) is 92.9 Å². The van der Waals surface area contributed by atoms with Gasteiger partial charge in [-0.15, -0.1) is 0 Å². The largest absolute Gasteiger partial charge is 0.508 e. The monoisotopic (exact) mass is 285 g/mol. The van der Waals surface area contributed by atoms with Crippen LogP contribution in [0, 0.1) is 23.2 Å². The first-order chi connectivity index (χ1) is 10.2. The molecule has 4 aliphatic carbocycles. The van der Waals surface area contributed by atoms with Crippen molar-refractivity contribution < 1.29 is 5.11 Å². The summed E-state index contributed by atoms with van der Waals surface area (Å²) >= 11 is 0. The van der Waals surface area contributed by atoms with Crippen molar-refractivity contribution in [3.63, 3.8) is 0 Å². The summed E-state index contributed by atoms with van der Waals surface area (Å²) in [6.07, 6.45) is 9.86. The summed E-state index contributed by atoms with van der Waals surface area (Å²) in [7, 11) is 2.13. The summed E-state index contributed by atoms with van der Waals surface area (Å²) in [6.45, 7) is 0. The Bertz CT molecular complexity index is 489. The van der Waals surface area contributed by atoms with Gasteiger partial charge in [0, 0.05) is 6.04 Å². The Kier molecular flexibility index (Phi) is 3.25. The standard InChI is InChI=1S/C19H27NO/c1-20-18(9-13-3-2-4-17(21)8-13)19-10-14-5-15(11-19)7-16(6-14)12-19/h2-4,8,14-16,18,20-21H,5-7,9-12H2,1H3. The van der Waals surface area contributed by atoms with Gasteiger partial charge in [-0.2, -0.15) is 0 Å². The average Bonchev–Trinajstić information content (AvgIpc) is 2.43. The zero-order chi connectivity index (χ0) is 14.4. The van der Waals surface area contributed by atoms with E-state index in [1.807, 2.05) is 12.1 Å². The molecular weight excluding hydrogens is 258 g/mol. The van der Waals surface area contributed by atoms with Gasteiger partial charge in [-0.3, -0.25) is 0 Å². The molecule has 5 rings (SSSR count). The number of hydrogen-bond donors (Lipinski definition) is 2. The predicted molar refractivity (Wildman–Crippen MR) is 85.3 cm³/mol. The number of aromatic hydroxyl groups is 1. The van der Waals surface area contributed by atoms with Crippen LogP contribution in [0.5, 0.6) is 5.75 Å². The molecule has 114 valence electrons. The number of benzene rings is 1. The molecule has 2 N–H and O–H groups in total. The SMILES string of the molecule is CNC(Cc1cccc(O)c1)C12CC3CC(CC(C3)C1)C2. The number of hydrogen-bond acceptors (Lipinski definition) is 2. The molecule has 1 aromatic carbocycles. The molecule has 21 heavy (non-hydrogen) atoms. The zero-order valence-corrected chi connectivity index (χ0v) is 13.0. The van der Waals surface area contributed by atoms with E-state index in [4.69, 9.17) is 0 Å². The first kappa shape index (κ1) is 13.6. The van der Waals surface area contributed by atoms with Gasteiger partial charge < -0.3 is 10.4 Å². The lowest BCUT2D eigenvalue weighted by molar-refractivity contribution is -0.0724. The number of rotatable bonds is 4. The molecule has 0 spiro atoms. The summed E-state index contributed by atoms with van der Waals surface area (Å²) in [6, 6.07) is 8.39. The molecule has 4 fully saturated rings. The Morgan fingerprint density at radius 1 is 1.14 bits per heavy atom. The van der Waals surface area contributed by atoms with E-state index in [9.17, 15) is 5.11 Å². The Hall–Kier alpha value is -1.02. The van der Waals surface area contributed by atoms with Crippen molar-refractivity contribution in [3.05, 3.63) is 29.8 Å².